The first-order chi connectivity index (χ1) is 10.2. The van der Waals surface area contributed by atoms with Crippen LogP contribution < -0.4 is 5.32 Å². The van der Waals surface area contributed by atoms with E-state index >= 15 is 0 Å². The van der Waals surface area contributed by atoms with Gasteiger partial charge < -0.3 is 10.4 Å². The van der Waals surface area contributed by atoms with Crippen LogP contribution in [-0.2, 0) is 0 Å². The summed E-state index contributed by atoms with van der Waals surface area (Å²) in [4.78, 5) is 1.27. The van der Waals surface area contributed by atoms with Crippen molar-refractivity contribution in [2.45, 2.75) is 38.3 Å². The van der Waals surface area contributed by atoms with E-state index < -0.39 is 0 Å². The number of aliphatic hydroxyl groups excluding tert-OH is 1. The molecule has 0 aliphatic rings. The number of hydrogen-bond acceptors (Lipinski definition) is 3. The molecule has 0 spiro atoms. The minimum Gasteiger partial charge on any atom is -0.396 e. The quantitative estimate of drug-likeness (QED) is 0.720. The van der Waals surface area contributed by atoms with Gasteiger partial charge in [-0.25, -0.2) is 0 Å². The number of hydrogen-bond donors (Lipinski definition) is 2. The lowest BCUT2D eigenvalue weighted by Crippen LogP contribution is -2.26. The monoisotopic (exact) mass is 323 g/mol. The van der Waals surface area contributed by atoms with E-state index in [4.69, 9.17) is 16.7 Å². The Morgan fingerprint density at radius 2 is 1.90 bits per heavy atom. The minimum absolute atomic E-state index is 0.229. The third-order valence-corrected chi connectivity index (χ3v) is 4.95. The Balaban J connectivity index is 2.13. The van der Waals surface area contributed by atoms with E-state index in [0.717, 1.165) is 23.6 Å². The van der Waals surface area contributed by atoms with Crippen LogP contribution in [0.2, 0.25) is 4.34 Å². The number of thiophene rings is 1. The second-order valence-corrected chi connectivity index (χ2v) is 6.85. The summed E-state index contributed by atoms with van der Waals surface area (Å²) in [5.41, 5.74) is 1.27. The van der Waals surface area contributed by atoms with Crippen molar-refractivity contribution >= 4 is 22.9 Å². The van der Waals surface area contributed by atoms with Crippen molar-refractivity contribution in [1.82, 2.24) is 5.32 Å². The summed E-state index contributed by atoms with van der Waals surface area (Å²) in [6, 6.07) is 15.0. The van der Waals surface area contributed by atoms with Gasteiger partial charge in [0.15, 0.2) is 0 Å². The molecule has 2 nitrogen and oxygen atoms in total. The molecule has 1 heterocycles. The van der Waals surface area contributed by atoms with Gasteiger partial charge in [-0.15, -0.1) is 11.3 Å². The molecule has 0 bridgehead atoms. The van der Waals surface area contributed by atoms with Gasteiger partial charge in [0.1, 0.15) is 0 Å². The van der Waals surface area contributed by atoms with E-state index in [2.05, 4.69) is 42.6 Å². The molecule has 0 aliphatic heterocycles. The molecular weight excluding hydrogens is 302 g/mol. The summed E-state index contributed by atoms with van der Waals surface area (Å²) in [7, 11) is 0. The molecule has 0 saturated carbocycles. The predicted octanol–water partition coefficient (Wildman–Crippen LogP) is 4.96. The topological polar surface area (TPSA) is 32.3 Å². The van der Waals surface area contributed by atoms with E-state index in [1.807, 2.05) is 12.1 Å². The summed E-state index contributed by atoms with van der Waals surface area (Å²) in [5.74, 6) is 0. The average molecular weight is 324 g/mol. The molecule has 114 valence electrons. The van der Waals surface area contributed by atoms with Crippen LogP contribution in [0.15, 0.2) is 42.5 Å². The lowest BCUT2D eigenvalue weighted by atomic mass is 10.00. The summed E-state index contributed by atoms with van der Waals surface area (Å²) in [6.07, 6.45) is 2.74. The Hall–Kier alpha value is -0.870. The van der Waals surface area contributed by atoms with Crippen molar-refractivity contribution in [1.29, 1.82) is 0 Å². The molecule has 21 heavy (non-hydrogen) atoms. The van der Waals surface area contributed by atoms with Crippen molar-refractivity contribution in [3.8, 4) is 0 Å². The van der Waals surface area contributed by atoms with Gasteiger partial charge in [0.25, 0.3) is 0 Å². The molecular formula is C17H22ClNOS. The molecule has 2 aromatic rings. The van der Waals surface area contributed by atoms with E-state index in [9.17, 15) is 0 Å². The molecule has 2 atom stereocenters. The van der Waals surface area contributed by atoms with Crippen LogP contribution in [0.1, 0.15) is 48.7 Å². The summed E-state index contributed by atoms with van der Waals surface area (Å²) in [5, 5.41) is 12.9. The van der Waals surface area contributed by atoms with Crippen molar-refractivity contribution in [3.63, 3.8) is 0 Å². The maximum absolute atomic E-state index is 9.13. The molecule has 0 aliphatic carbocycles. The maximum atomic E-state index is 9.13. The van der Waals surface area contributed by atoms with Crippen LogP contribution in [0.25, 0.3) is 0 Å². The first-order valence-electron chi connectivity index (χ1n) is 7.41. The van der Waals surface area contributed by atoms with Crippen LogP contribution in [0.3, 0.4) is 0 Å². The van der Waals surface area contributed by atoms with Gasteiger partial charge >= 0.3 is 0 Å². The molecule has 2 rings (SSSR count). The van der Waals surface area contributed by atoms with Gasteiger partial charge in [-0.05, 0) is 37.0 Å². The number of nitrogens with one attached hydrogen (secondary N) is 1. The lowest BCUT2D eigenvalue weighted by Gasteiger charge is -2.25. The molecule has 1 aromatic carbocycles. The third-order valence-electron chi connectivity index (χ3n) is 3.60. The van der Waals surface area contributed by atoms with Crippen LogP contribution in [0.4, 0.5) is 0 Å². The zero-order valence-corrected chi connectivity index (χ0v) is 13.8. The third kappa shape index (κ3) is 4.82. The fraction of sp³-hybridized carbons (Fsp3) is 0.412. The van der Waals surface area contributed by atoms with Crippen LogP contribution in [-0.4, -0.2) is 11.7 Å². The fourth-order valence-electron chi connectivity index (χ4n) is 2.49. The Kier molecular flexibility index (Phi) is 6.71. The second-order valence-electron chi connectivity index (χ2n) is 5.10. The Bertz CT molecular complexity index is 529. The van der Waals surface area contributed by atoms with Crippen molar-refractivity contribution in [2.75, 3.05) is 6.61 Å². The van der Waals surface area contributed by atoms with E-state index in [-0.39, 0.29) is 12.6 Å². The van der Waals surface area contributed by atoms with E-state index in [1.54, 1.807) is 11.3 Å². The highest BCUT2D eigenvalue weighted by Gasteiger charge is 2.18. The standard InChI is InChI=1S/C17H22ClNOS/c1-2-14(16-10-11-17(18)21-16)19-15(9-6-12-20)13-7-4-3-5-8-13/h3-5,7-8,10-11,14-15,19-20H,2,6,9,12H2,1H3. The summed E-state index contributed by atoms with van der Waals surface area (Å²) >= 11 is 7.69. The molecule has 0 saturated heterocycles. The second kappa shape index (κ2) is 8.54. The largest absolute Gasteiger partial charge is 0.396 e. The fourth-order valence-corrected chi connectivity index (χ4v) is 3.69. The number of benzene rings is 1. The molecule has 1 aromatic heterocycles. The highest BCUT2D eigenvalue weighted by atomic mass is 35.5. The zero-order chi connectivity index (χ0) is 15.1. The van der Waals surface area contributed by atoms with Gasteiger partial charge in [0, 0.05) is 23.6 Å². The van der Waals surface area contributed by atoms with Crippen molar-refractivity contribution < 1.29 is 5.11 Å². The number of rotatable bonds is 8. The zero-order valence-electron chi connectivity index (χ0n) is 12.3. The lowest BCUT2D eigenvalue weighted by molar-refractivity contribution is 0.271. The molecule has 4 heteroatoms. The van der Waals surface area contributed by atoms with Gasteiger partial charge in [0.05, 0.1) is 4.34 Å². The van der Waals surface area contributed by atoms with Gasteiger partial charge in [-0.2, -0.15) is 0 Å². The van der Waals surface area contributed by atoms with Gasteiger partial charge in [-0.1, -0.05) is 48.9 Å². The minimum atomic E-state index is 0.229. The predicted molar refractivity (Wildman–Crippen MR) is 91.0 cm³/mol. The van der Waals surface area contributed by atoms with E-state index in [0.29, 0.717) is 6.04 Å². The maximum Gasteiger partial charge on any atom is 0.0931 e. The number of halogens is 1. The highest BCUT2D eigenvalue weighted by molar-refractivity contribution is 7.16. The van der Waals surface area contributed by atoms with E-state index in [1.165, 1.54) is 10.4 Å². The Morgan fingerprint density at radius 1 is 1.14 bits per heavy atom. The van der Waals surface area contributed by atoms with Crippen LogP contribution in [0, 0.1) is 0 Å². The number of aliphatic hydroxyl groups is 1. The first-order valence-corrected chi connectivity index (χ1v) is 8.61. The smallest absolute Gasteiger partial charge is 0.0931 e. The van der Waals surface area contributed by atoms with Crippen molar-refractivity contribution in [3.05, 3.63) is 57.2 Å². The molecule has 2 N–H and O–H groups in total. The Labute approximate surface area is 135 Å². The van der Waals surface area contributed by atoms with Crippen LogP contribution >= 0.6 is 22.9 Å². The first kappa shape index (κ1) is 16.5. The summed E-state index contributed by atoms with van der Waals surface area (Å²) < 4.78 is 0.830. The van der Waals surface area contributed by atoms with Gasteiger partial charge in [0.2, 0.25) is 0 Å². The van der Waals surface area contributed by atoms with Crippen molar-refractivity contribution in [2.24, 2.45) is 0 Å². The van der Waals surface area contributed by atoms with Crippen LogP contribution in [0.5, 0.6) is 0 Å². The highest BCUT2D eigenvalue weighted by Crippen LogP contribution is 2.31. The molecule has 0 fully saturated rings. The Morgan fingerprint density at radius 3 is 2.48 bits per heavy atom. The average Bonchev–Trinajstić information content (AvgIpc) is 2.95. The molecule has 2 unspecified atom stereocenters. The summed E-state index contributed by atoms with van der Waals surface area (Å²) in [6.45, 7) is 2.41. The SMILES string of the molecule is CCC(NC(CCCO)c1ccccc1)c1ccc(Cl)s1. The molecule has 0 amide bonds. The molecule has 0 radical (unpaired) electrons. The van der Waals surface area contributed by atoms with Gasteiger partial charge in [-0.3, -0.25) is 0 Å². The normalized spacial score (nSPS) is 14.0.